The van der Waals surface area contributed by atoms with Crippen molar-refractivity contribution in [2.24, 2.45) is 7.05 Å². The van der Waals surface area contributed by atoms with E-state index in [9.17, 15) is 9.90 Å². The third-order valence-electron chi connectivity index (χ3n) is 2.64. The molecule has 1 atom stereocenters. The fourth-order valence-electron chi connectivity index (χ4n) is 1.84. The minimum absolute atomic E-state index is 0.125. The Morgan fingerprint density at radius 3 is 2.81 bits per heavy atom. The number of aromatic hydroxyl groups is 1. The van der Waals surface area contributed by atoms with Gasteiger partial charge in [-0.05, 0) is 19.1 Å². The van der Waals surface area contributed by atoms with Gasteiger partial charge in [0.1, 0.15) is 5.75 Å². The molecule has 0 spiro atoms. The highest BCUT2D eigenvalue weighted by Gasteiger charge is 2.21. The number of aromatic nitrogens is 2. The van der Waals surface area contributed by atoms with Crippen LogP contribution in [0.3, 0.4) is 0 Å². The van der Waals surface area contributed by atoms with E-state index in [1.165, 1.54) is 12.1 Å². The van der Waals surface area contributed by atoms with E-state index in [1.54, 1.807) is 24.7 Å². The molecule has 1 heterocycles. The van der Waals surface area contributed by atoms with Gasteiger partial charge in [0.2, 0.25) is 0 Å². The summed E-state index contributed by atoms with van der Waals surface area (Å²) in [5.41, 5.74) is 1.24. The predicted molar refractivity (Wildman–Crippen MR) is 58.4 cm³/mol. The van der Waals surface area contributed by atoms with Crippen molar-refractivity contribution in [1.29, 1.82) is 0 Å². The van der Waals surface area contributed by atoms with Crippen LogP contribution in [0.4, 0.5) is 0 Å². The minimum atomic E-state index is -0.891. The maximum Gasteiger partial charge on any atom is 0.312 e. The smallest absolute Gasteiger partial charge is 0.312 e. The Hall–Kier alpha value is -2.04. The molecule has 0 amide bonds. The van der Waals surface area contributed by atoms with Crippen molar-refractivity contribution in [3.63, 3.8) is 0 Å². The highest BCUT2D eigenvalue weighted by atomic mass is 16.4. The Balaban J connectivity index is 2.69. The van der Waals surface area contributed by atoms with Gasteiger partial charge in [0.05, 0.1) is 17.1 Å². The molecule has 0 aliphatic carbocycles. The molecule has 0 radical (unpaired) electrons. The van der Waals surface area contributed by atoms with Gasteiger partial charge in [-0.3, -0.25) is 9.48 Å². The first-order chi connectivity index (χ1) is 7.50. The van der Waals surface area contributed by atoms with E-state index in [0.717, 1.165) is 5.39 Å². The third-order valence-corrected chi connectivity index (χ3v) is 2.64. The van der Waals surface area contributed by atoms with E-state index < -0.39 is 11.9 Å². The molecule has 0 saturated heterocycles. The van der Waals surface area contributed by atoms with Gasteiger partial charge in [0.15, 0.2) is 0 Å². The van der Waals surface area contributed by atoms with Gasteiger partial charge in [0, 0.05) is 18.5 Å². The standard InChI is InChI=1S/C11H12N2O3/c1-6(11(15)16)10-8-4-3-7(14)5-9(8)12-13(10)2/h3-6,14H,1-2H3,(H,15,16). The van der Waals surface area contributed by atoms with Crippen molar-refractivity contribution < 1.29 is 15.0 Å². The summed E-state index contributed by atoms with van der Waals surface area (Å²) >= 11 is 0. The number of aliphatic carboxylic acids is 1. The lowest BCUT2D eigenvalue weighted by atomic mass is 10.0. The van der Waals surface area contributed by atoms with E-state index in [2.05, 4.69) is 5.10 Å². The summed E-state index contributed by atoms with van der Waals surface area (Å²) < 4.78 is 1.54. The zero-order chi connectivity index (χ0) is 11.9. The van der Waals surface area contributed by atoms with Crippen LogP contribution in [0, 0.1) is 0 Å². The van der Waals surface area contributed by atoms with Gasteiger partial charge in [-0.25, -0.2) is 0 Å². The summed E-state index contributed by atoms with van der Waals surface area (Å²) in [6.07, 6.45) is 0. The van der Waals surface area contributed by atoms with Crippen LogP contribution in [-0.2, 0) is 11.8 Å². The lowest BCUT2D eigenvalue weighted by molar-refractivity contribution is -0.138. The van der Waals surface area contributed by atoms with E-state index >= 15 is 0 Å². The number of carboxylic acids is 1. The molecule has 0 bridgehead atoms. The predicted octanol–water partition coefficient (Wildman–Crippen LogP) is 1.47. The summed E-state index contributed by atoms with van der Waals surface area (Å²) in [7, 11) is 1.70. The molecule has 0 saturated carbocycles. The average molecular weight is 220 g/mol. The summed E-state index contributed by atoms with van der Waals surface area (Å²) in [6.45, 7) is 1.62. The Kier molecular flexibility index (Phi) is 2.30. The van der Waals surface area contributed by atoms with Gasteiger partial charge in [0.25, 0.3) is 0 Å². The average Bonchev–Trinajstić information content (AvgIpc) is 2.51. The van der Waals surface area contributed by atoms with Gasteiger partial charge >= 0.3 is 5.97 Å². The van der Waals surface area contributed by atoms with Crippen LogP contribution in [0.15, 0.2) is 18.2 Å². The maximum absolute atomic E-state index is 11.0. The molecule has 1 aromatic heterocycles. The SMILES string of the molecule is CC(C(=O)O)c1c2ccc(O)cc2nn1C. The molecular weight excluding hydrogens is 208 g/mol. The van der Waals surface area contributed by atoms with Crippen LogP contribution in [-0.4, -0.2) is 26.0 Å². The zero-order valence-electron chi connectivity index (χ0n) is 9.01. The van der Waals surface area contributed by atoms with Gasteiger partial charge < -0.3 is 10.2 Å². The molecule has 2 aromatic rings. The molecule has 84 valence electrons. The maximum atomic E-state index is 11.0. The van der Waals surface area contributed by atoms with Gasteiger partial charge in [-0.1, -0.05) is 0 Å². The minimum Gasteiger partial charge on any atom is -0.508 e. The van der Waals surface area contributed by atoms with E-state index in [-0.39, 0.29) is 5.75 Å². The van der Waals surface area contributed by atoms with Crippen molar-refractivity contribution >= 4 is 16.9 Å². The lowest BCUT2D eigenvalue weighted by Gasteiger charge is -2.06. The monoisotopic (exact) mass is 220 g/mol. The van der Waals surface area contributed by atoms with Crippen molar-refractivity contribution in [2.45, 2.75) is 12.8 Å². The summed E-state index contributed by atoms with van der Waals surface area (Å²) in [5.74, 6) is -1.39. The molecule has 2 rings (SSSR count). The number of rotatable bonds is 2. The number of fused-ring (bicyclic) bond motifs is 1. The second kappa shape index (κ2) is 3.52. The van der Waals surface area contributed by atoms with Crippen LogP contribution in [0.1, 0.15) is 18.5 Å². The first kappa shape index (κ1) is 10.5. The van der Waals surface area contributed by atoms with Crippen molar-refractivity contribution in [3.05, 3.63) is 23.9 Å². The van der Waals surface area contributed by atoms with Gasteiger partial charge in [-0.15, -0.1) is 0 Å². The first-order valence-corrected chi connectivity index (χ1v) is 4.89. The van der Waals surface area contributed by atoms with Crippen molar-refractivity contribution in [1.82, 2.24) is 9.78 Å². The Morgan fingerprint density at radius 1 is 1.50 bits per heavy atom. The van der Waals surface area contributed by atoms with Crippen LogP contribution < -0.4 is 0 Å². The lowest BCUT2D eigenvalue weighted by Crippen LogP contribution is -2.12. The number of carbonyl (C=O) groups is 1. The fraction of sp³-hybridized carbons (Fsp3) is 0.273. The number of benzene rings is 1. The molecule has 1 unspecified atom stereocenters. The van der Waals surface area contributed by atoms with E-state index in [4.69, 9.17) is 5.11 Å². The van der Waals surface area contributed by atoms with Crippen LogP contribution in [0.25, 0.3) is 10.9 Å². The summed E-state index contributed by atoms with van der Waals surface area (Å²) in [4.78, 5) is 11.0. The third kappa shape index (κ3) is 1.50. The Labute approximate surface area is 91.9 Å². The molecular formula is C11H12N2O3. The number of aryl methyl sites for hydroxylation is 1. The molecule has 0 aliphatic rings. The summed E-state index contributed by atoms with van der Waals surface area (Å²) in [5, 5.41) is 23.2. The zero-order valence-corrected chi connectivity index (χ0v) is 9.01. The topological polar surface area (TPSA) is 75.3 Å². The first-order valence-electron chi connectivity index (χ1n) is 4.89. The van der Waals surface area contributed by atoms with Crippen LogP contribution >= 0.6 is 0 Å². The fourth-order valence-corrected chi connectivity index (χ4v) is 1.84. The molecule has 0 aliphatic heterocycles. The number of hydrogen-bond donors (Lipinski definition) is 2. The molecule has 16 heavy (non-hydrogen) atoms. The quantitative estimate of drug-likeness (QED) is 0.803. The van der Waals surface area contributed by atoms with E-state index in [0.29, 0.717) is 11.2 Å². The second-order valence-corrected chi connectivity index (χ2v) is 3.77. The normalized spacial score (nSPS) is 12.9. The van der Waals surface area contributed by atoms with Crippen LogP contribution in [0.5, 0.6) is 5.75 Å². The van der Waals surface area contributed by atoms with Crippen LogP contribution in [0.2, 0.25) is 0 Å². The molecule has 5 nitrogen and oxygen atoms in total. The molecule has 2 N–H and O–H groups in total. The van der Waals surface area contributed by atoms with Gasteiger partial charge in [-0.2, -0.15) is 5.10 Å². The number of phenolic OH excluding ortho intramolecular Hbond substituents is 1. The highest BCUT2D eigenvalue weighted by Crippen LogP contribution is 2.27. The van der Waals surface area contributed by atoms with Crippen molar-refractivity contribution in [2.75, 3.05) is 0 Å². The highest BCUT2D eigenvalue weighted by molar-refractivity contribution is 5.88. The number of nitrogens with zero attached hydrogens (tertiary/aromatic N) is 2. The van der Waals surface area contributed by atoms with E-state index in [1.807, 2.05) is 0 Å². The largest absolute Gasteiger partial charge is 0.508 e. The number of carboxylic acid groups (broad SMARTS) is 1. The second-order valence-electron chi connectivity index (χ2n) is 3.77. The molecule has 5 heteroatoms. The number of hydrogen-bond acceptors (Lipinski definition) is 3. The molecule has 1 aromatic carbocycles. The summed E-state index contributed by atoms with van der Waals surface area (Å²) in [6, 6.07) is 4.74. The Bertz CT molecular complexity index is 560. The van der Waals surface area contributed by atoms with Crippen molar-refractivity contribution in [3.8, 4) is 5.75 Å². The number of phenols is 1. The Morgan fingerprint density at radius 2 is 2.19 bits per heavy atom. The molecule has 0 fully saturated rings.